The van der Waals surface area contributed by atoms with Gasteiger partial charge in [-0.15, -0.1) is 0 Å². The fourth-order valence-corrected chi connectivity index (χ4v) is 3.85. The second kappa shape index (κ2) is 6.40. The van der Waals surface area contributed by atoms with Gasteiger partial charge < -0.3 is 9.30 Å². The van der Waals surface area contributed by atoms with Crippen LogP contribution in [0, 0.1) is 0 Å². The van der Waals surface area contributed by atoms with Crippen LogP contribution in [0.5, 0.6) is 0 Å². The van der Waals surface area contributed by atoms with Gasteiger partial charge in [-0.1, -0.05) is 0 Å². The van der Waals surface area contributed by atoms with E-state index in [2.05, 4.69) is 0 Å². The monoisotopic (exact) mass is 314 g/mol. The number of carbonyl (C=O) groups excluding carboxylic acids is 1. The lowest BCUT2D eigenvalue weighted by molar-refractivity contribution is -0.143. The minimum Gasteiger partial charge on any atom is -0.465 e. The Kier molecular flexibility index (Phi) is 4.79. The molecule has 0 aromatic carbocycles. The largest absolute Gasteiger partial charge is 0.465 e. The first-order chi connectivity index (χ1) is 9.96. The molecule has 116 valence electrons. The molecule has 0 saturated carbocycles. The fraction of sp³-hybridized carbons (Fsp3) is 0.538. The van der Waals surface area contributed by atoms with E-state index in [1.165, 1.54) is 22.6 Å². The van der Waals surface area contributed by atoms with Crippen LogP contribution in [0.25, 0.3) is 0 Å². The molecule has 1 aromatic rings. The lowest BCUT2D eigenvalue weighted by Gasteiger charge is -2.15. The van der Waals surface area contributed by atoms with E-state index >= 15 is 0 Å². The average Bonchev–Trinajstić information content (AvgIpc) is 2.96. The molecule has 0 atom stereocenters. The van der Waals surface area contributed by atoms with Crippen LogP contribution in [-0.4, -0.2) is 43.0 Å². The van der Waals surface area contributed by atoms with Crippen molar-refractivity contribution < 1.29 is 17.9 Å². The van der Waals surface area contributed by atoms with Crippen molar-refractivity contribution in [1.82, 2.24) is 8.87 Å². The Morgan fingerprint density at radius 2 is 2.00 bits per heavy atom. The number of rotatable bonds is 5. The third kappa shape index (κ3) is 3.33. The van der Waals surface area contributed by atoms with Crippen molar-refractivity contribution in [2.45, 2.75) is 31.2 Å². The predicted molar refractivity (Wildman–Crippen MR) is 75.3 cm³/mol. The van der Waals surface area contributed by atoms with Gasteiger partial charge >= 0.3 is 5.97 Å². The first kappa shape index (κ1) is 15.7. The van der Waals surface area contributed by atoms with Gasteiger partial charge in [-0.2, -0.15) is 4.31 Å². The number of sulfonamides is 1. The van der Waals surface area contributed by atoms with Gasteiger partial charge in [0.1, 0.15) is 11.4 Å². The molecule has 2 rings (SSSR count). The second-order valence-electron chi connectivity index (χ2n) is 4.72. The van der Waals surface area contributed by atoms with E-state index in [-0.39, 0.29) is 18.0 Å². The highest BCUT2D eigenvalue weighted by atomic mass is 32.2. The molecule has 1 saturated heterocycles. The lowest BCUT2D eigenvalue weighted by Crippen LogP contribution is -2.35. The lowest BCUT2D eigenvalue weighted by atomic mass is 10.4. The Hall–Kier alpha value is -1.67. The topological polar surface area (TPSA) is 85.7 Å². The normalized spacial score (nSPS) is 16.0. The van der Waals surface area contributed by atoms with Crippen LogP contribution in [0.1, 0.15) is 19.8 Å². The molecule has 0 spiro atoms. The zero-order chi connectivity index (χ0) is 15.5. The van der Waals surface area contributed by atoms with Gasteiger partial charge in [0.2, 0.25) is 10.0 Å². The van der Waals surface area contributed by atoms with Crippen LogP contribution in [0.3, 0.4) is 0 Å². The Bertz CT molecular complexity index is 674. The van der Waals surface area contributed by atoms with Crippen molar-refractivity contribution in [2.75, 3.05) is 19.7 Å². The number of nitrogens with zero attached hydrogens (tertiary/aromatic N) is 2. The van der Waals surface area contributed by atoms with Crippen molar-refractivity contribution in [3.63, 3.8) is 0 Å². The van der Waals surface area contributed by atoms with E-state index in [1.807, 2.05) is 0 Å². The average molecular weight is 314 g/mol. The first-order valence-electron chi connectivity index (χ1n) is 6.82. The highest BCUT2D eigenvalue weighted by Crippen LogP contribution is 2.18. The third-order valence-electron chi connectivity index (χ3n) is 3.27. The number of pyridine rings is 1. The van der Waals surface area contributed by atoms with Gasteiger partial charge in [0, 0.05) is 19.3 Å². The summed E-state index contributed by atoms with van der Waals surface area (Å²) in [6.45, 7) is 2.42. The molecule has 0 amide bonds. The third-order valence-corrected chi connectivity index (χ3v) is 5.18. The maximum absolute atomic E-state index is 12.4. The van der Waals surface area contributed by atoms with Crippen molar-refractivity contribution in [3.8, 4) is 0 Å². The van der Waals surface area contributed by atoms with E-state index in [4.69, 9.17) is 4.74 Å². The number of esters is 1. The van der Waals surface area contributed by atoms with Crippen LogP contribution in [0.2, 0.25) is 0 Å². The van der Waals surface area contributed by atoms with Crippen LogP contribution in [-0.2, 0) is 26.1 Å². The number of hydrogen-bond donors (Lipinski definition) is 0. The molecule has 21 heavy (non-hydrogen) atoms. The Labute approximate surface area is 123 Å². The van der Waals surface area contributed by atoms with Gasteiger partial charge in [-0.3, -0.25) is 9.59 Å². The van der Waals surface area contributed by atoms with Gasteiger partial charge in [0.05, 0.1) is 6.61 Å². The Balaban J connectivity index is 2.33. The molecule has 0 unspecified atom stereocenters. The summed E-state index contributed by atoms with van der Waals surface area (Å²) in [6, 6.07) is 2.72. The minimum absolute atomic E-state index is 0.208. The molecular formula is C13H18N2O5S. The number of hydrogen-bond acceptors (Lipinski definition) is 5. The van der Waals surface area contributed by atoms with Crippen molar-refractivity contribution in [3.05, 3.63) is 28.7 Å². The molecule has 0 aliphatic carbocycles. The van der Waals surface area contributed by atoms with Crippen LogP contribution in [0.15, 0.2) is 28.0 Å². The summed E-state index contributed by atoms with van der Waals surface area (Å²) in [6.07, 6.45) is 2.97. The molecule has 7 nitrogen and oxygen atoms in total. The Morgan fingerprint density at radius 1 is 1.33 bits per heavy atom. The Morgan fingerprint density at radius 3 is 2.62 bits per heavy atom. The van der Waals surface area contributed by atoms with Crippen LogP contribution >= 0.6 is 0 Å². The number of ether oxygens (including phenoxy) is 1. The summed E-state index contributed by atoms with van der Waals surface area (Å²) in [4.78, 5) is 23.4. The predicted octanol–water partition coefficient (Wildman–Crippen LogP) is 0.196. The van der Waals surface area contributed by atoms with E-state index in [9.17, 15) is 18.0 Å². The van der Waals surface area contributed by atoms with E-state index in [0.717, 1.165) is 17.4 Å². The molecule has 0 N–H and O–H groups in total. The van der Waals surface area contributed by atoms with Crippen molar-refractivity contribution >= 4 is 16.0 Å². The molecule has 8 heteroatoms. The summed E-state index contributed by atoms with van der Waals surface area (Å²) in [5.41, 5.74) is -0.697. The van der Waals surface area contributed by atoms with Crippen LogP contribution < -0.4 is 5.56 Å². The molecule has 1 aliphatic heterocycles. The maximum Gasteiger partial charge on any atom is 0.326 e. The molecule has 0 bridgehead atoms. The van der Waals surface area contributed by atoms with Crippen molar-refractivity contribution in [2.24, 2.45) is 0 Å². The highest BCUT2D eigenvalue weighted by molar-refractivity contribution is 7.89. The summed E-state index contributed by atoms with van der Waals surface area (Å²) in [5.74, 6) is -0.574. The quantitative estimate of drug-likeness (QED) is 0.725. The summed E-state index contributed by atoms with van der Waals surface area (Å²) in [7, 11) is -3.79. The molecule has 0 radical (unpaired) electrons. The van der Waals surface area contributed by atoms with E-state index in [1.54, 1.807) is 6.92 Å². The smallest absolute Gasteiger partial charge is 0.326 e. The second-order valence-corrected chi connectivity index (χ2v) is 6.63. The van der Waals surface area contributed by atoms with Gasteiger partial charge in [0.15, 0.2) is 0 Å². The molecule has 1 fully saturated rings. The molecule has 2 heterocycles. The summed E-state index contributed by atoms with van der Waals surface area (Å²) < 4.78 is 32.0. The minimum atomic E-state index is -3.79. The number of carbonyl (C=O) groups is 1. The maximum atomic E-state index is 12.4. The molecule has 1 aromatic heterocycles. The zero-order valence-corrected chi connectivity index (χ0v) is 12.6. The van der Waals surface area contributed by atoms with Crippen molar-refractivity contribution in [1.29, 1.82) is 0 Å². The van der Waals surface area contributed by atoms with Crippen LogP contribution in [0.4, 0.5) is 0 Å². The molecular weight excluding hydrogens is 296 g/mol. The van der Waals surface area contributed by atoms with E-state index in [0.29, 0.717) is 13.1 Å². The number of aromatic nitrogens is 1. The fourth-order valence-electron chi connectivity index (χ4n) is 2.25. The zero-order valence-electron chi connectivity index (χ0n) is 11.8. The highest BCUT2D eigenvalue weighted by Gasteiger charge is 2.29. The summed E-state index contributed by atoms with van der Waals surface area (Å²) in [5, 5.41) is 0. The molecule has 1 aliphatic rings. The van der Waals surface area contributed by atoms with Gasteiger partial charge in [-0.05, 0) is 31.9 Å². The van der Waals surface area contributed by atoms with Gasteiger partial charge in [0.25, 0.3) is 5.56 Å². The standard InChI is InChI=1S/C13H18N2O5S/c1-2-20-12(16)10-14-7-5-6-11(13(14)17)21(18,19)15-8-3-4-9-15/h5-7H,2-4,8-10H2,1H3. The SMILES string of the molecule is CCOC(=O)Cn1cccc(S(=O)(=O)N2CCCC2)c1=O. The van der Waals surface area contributed by atoms with E-state index < -0.39 is 21.6 Å². The first-order valence-corrected chi connectivity index (χ1v) is 8.26. The van der Waals surface area contributed by atoms with Gasteiger partial charge in [-0.25, -0.2) is 8.42 Å². The summed E-state index contributed by atoms with van der Waals surface area (Å²) >= 11 is 0.